The monoisotopic (exact) mass is 500 g/mol. The van der Waals surface area contributed by atoms with Crippen molar-refractivity contribution in [1.82, 2.24) is 0 Å². The number of carbonyl (C=O) groups is 2. The lowest BCUT2D eigenvalue weighted by Crippen LogP contribution is -2.43. The van der Waals surface area contributed by atoms with Crippen molar-refractivity contribution < 1.29 is 28.2 Å². The third-order valence-electron chi connectivity index (χ3n) is 6.03. The Bertz CT molecular complexity index is 982. The summed E-state index contributed by atoms with van der Waals surface area (Å²) in [6, 6.07) is 14.8. The molecule has 1 unspecified atom stereocenters. The summed E-state index contributed by atoms with van der Waals surface area (Å²) in [6.07, 6.45) is -0.374. The van der Waals surface area contributed by atoms with Gasteiger partial charge in [0.1, 0.15) is 11.4 Å². The molecule has 192 valence electrons. The van der Waals surface area contributed by atoms with Gasteiger partial charge in [-0.2, -0.15) is 0 Å². The Hall–Kier alpha value is -2.64. The van der Waals surface area contributed by atoms with Crippen molar-refractivity contribution in [3.63, 3.8) is 0 Å². The standard InChI is InChI=1S/C28H40O6Si/c1-27(2,3)33-25(29)22-14-10-21(11-15-22)19-32-24(26(30)31-7)18-20-12-16-23(17-13-20)34-35(8,9)28(4,5)6/h10-17,24H,18-19H2,1-9H3. The van der Waals surface area contributed by atoms with Gasteiger partial charge in [0.25, 0.3) is 0 Å². The molecule has 0 spiro atoms. The van der Waals surface area contributed by atoms with Crippen molar-refractivity contribution in [2.24, 2.45) is 0 Å². The van der Waals surface area contributed by atoms with Crippen LogP contribution in [0.2, 0.25) is 18.1 Å². The van der Waals surface area contributed by atoms with E-state index in [0.717, 1.165) is 16.9 Å². The number of ether oxygens (including phenoxy) is 3. The summed E-state index contributed by atoms with van der Waals surface area (Å²) < 4.78 is 22.6. The number of rotatable bonds is 9. The largest absolute Gasteiger partial charge is 0.544 e. The van der Waals surface area contributed by atoms with Crippen LogP contribution in [0.5, 0.6) is 5.75 Å². The SMILES string of the molecule is COC(=O)C(Cc1ccc(O[Si](C)(C)C(C)(C)C)cc1)OCc1ccc(C(=O)OC(C)(C)C)cc1. The molecule has 0 aliphatic carbocycles. The summed E-state index contributed by atoms with van der Waals surface area (Å²) >= 11 is 0. The summed E-state index contributed by atoms with van der Waals surface area (Å²) in [5.41, 5.74) is 1.70. The minimum atomic E-state index is -1.92. The van der Waals surface area contributed by atoms with E-state index in [4.69, 9.17) is 18.6 Å². The Kier molecular flexibility index (Phi) is 9.31. The first-order valence-corrected chi connectivity index (χ1v) is 14.8. The van der Waals surface area contributed by atoms with Crippen molar-refractivity contribution >= 4 is 20.3 Å². The van der Waals surface area contributed by atoms with Crippen LogP contribution in [0.3, 0.4) is 0 Å². The Morgan fingerprint density at radius 2 is 1.40 bits per heavy atom. The first-order chi connectivity index (χ1) is 16.1. The number of hydrogen-bond donors (Lipinski definition) is 0. The minimum Gasteiger partial charge on any atom is -0.544 e. The molecule has 0 fully saturated rings. The van der Waals surface area contributed by atoms with E-state index in [9.17, 15) is 9.59 Å². The molecule has 0 bridgehead atoms. The van der Waals surface area contributed by atoms with Crippen LogP contribution < -0.4 is 4.43 Å². The highest BCUT2D eigenvalue weighted by Gasteiger charge is 2.39. The molecular formula is C28H40O6Si. The number of benzene rings is 2. The predicted octanol–water partition coefficient (Wildman–Crippen LogP) is 6.33. The normalized spacial score (nSPS) is 13.2. The summed E-state index contributed by atoms with van der Waals surface area (Å²) in [4.78, 5) is 24.5. The average molecular weight is 501 g/mol. The van der Waals surface area contributed by atoms with Crippen LogP contribution in [0, 0.1) is 0 Å². The third-order valence-corrected chi connectivity index (χ3v) is 10.4. The van der Waals surface area contributed by atoms with Gasteiger partial charge in [-0.3, -0.25) is 0 Å². The van der Waals surface area contributed by atoms with Gasteiger partial charge in [-0.15, -0.1) is 0 Å². The molecule has 2 aromatic carbocycles. The highest BCUT2D eigenvalue weighted by molar-refractivity contribution is 6.74. The number of methoxy groups -OCH3 is 1. The fraction of sp³-hybridized carbons (Fsp3) is 0.500. The zero-order valence-electron chi connectivity index (χ0n) is 22.6. The van der Waals surface area contributed by atoms with Gasteiger partial charge >= 0.3 is 11.9 Å². The molecule has 0 saturated carbocycles. The van der Waals surface area contributed by atoms with Crippen molar-refractivity contribution in [3.8, 4) is 5.75 Å². The van der Waals surface area contributed by atoms with Crippen LogP contribution in [0.1, 0.15) is 63.0 Å². The molecule has 2 rings (SSSR count). The van der Waals surface area contributed by atoms with E-state index in [1.807, 2.05) is 45.0 Å². The lowest BCUT2D eigenvalue weighted by atomic mass is 10.1. The van der Waals surface area contributed by atoms with Crippen molar-refractivity contribution in [1.29, 1.82) is 0 Å². The van der Waals surface area contributed by atoms with E-state index in [1.165, 1.54) is 7.11 Å². The molecule has 0 heterocycles. The molecule has 2 aromatic rings. The van der Waals surface area contributed by atoms with E-state index in [2.05, 4.69) is 33.9 Å². The Morgan fingerprint density at radius 3 is 1.89 bits per heavy atom. The summed E-state index contributed by atoms with van der Waals surface area (Å²) in [7, 11) is -0.568. The molecule has 0 aromatic heterocycles. The fourth-order valence-electron chi connectivity index (χ4n) is 2.97. The highest BCUT2D eigenvalue weighted by atomic mass is 28.4. The van der Waals surface area contributed by atoms with Gasteiger partial charge in [-0.1, -0.05) is 45.0 Å². The molecule has 0 saturated heterocycles. The molecule has 7 heteroatoms. The minimum absolute atomic E-state index is 0.112. The molecule has 0 radical (unpaired) electrons. The average Bonchev–Trinajstić information content (AvgIpc) is 2.75. The van der Waals surface area contributed by atoms with Gasteiger partial charge in [0.15, 0.2) is 6.10 Å². The molecule has 35 heavy (non-hydrogen) atoms. The second kappa shape index (κ2) is 11.4. The lowest BCUT2D eigenvalue weighted by molar-refractivity contribution is -0.154. The lowest BCUT2D eigenvalue weighted by Gasteiger charge is -2.36. The van der Waals surface area contributed by atoms with E-state index < -0.39 is 26.0 Å². The quantitative estimate of drug-likeness (QED) is 0.296. The zero-order chi connectivity index (χ0) is 26.4. The van der Waals surface area contributed by atoms with Crippen LogP contribution in [-0.2, 0) is 32.0 Å². The van der Waals surface area contributed by atoms with Crippen LogP contribution in [0.4, 0.5) is 0 Å². The maximum absolute atomic E-state index is 12.4. The maximum atomic E-state index is 12.4. The maximum Gasteiger partial charge on any atom is 0.338 e. The number of esters is 2. The van der Waals surface area contributed by atoms with Gasteiger partial charge in [-0.05, 0) is 74.3 Å². The smallest absolute Gasteiger partial charge is 0.338 e. The van der Waals surface area contributed by atoms with Crippen LogP contribution in [0.25, 0.3) is 0 Å². The summed E-state index contributed by atoms with van der Waals surface area (Å²) in [5, 5.41) is 0.112. The van der Waals surface area contributed by atoms with Crippen molar-refractivity contribution in [3.05, 3.63) is 65.2 Å². The number of hydrogen-bond acceptors (Lipinski definition) is 6. The molecule has 0 amide bonds. The van der Waals surface area contributed by atoms with Gasteiger partial charge in [0, 0.05) is 6.42 Å². The van der Waals surface area contributed by atoms with E-state index in [-0.39, 0.29) is 17.6 Å². The summed E-state index contributed by atoms with van der Waals surface area (Å²) in [5.74, 6) is 0.0244. The first-order valence-electron chi connectivity index (χ1n) is 11.9. The molecule has 6 nitrogen and oxygen atoms in total. The van der Waals surface area contributed by atoms with Gasteiger partial charge in [0.05, 0.1) is 19.3 Å². The molecular weight excluding hydrogens is 460 g/mol. The van der Waals surface area contributed by atoms with E-state index in [1.54, 1.807) is 24.3 Å². The molecule has 0 N–H and O–H groups in total. The van der Waals surface area contributed by atoms with Crippen LogP contribution in [-0.4, -0.2) is 39.1 Å². The van der Waals surface area contributed by atoms with Crippen LogP contribution >= 0.6 is 0 Å². The van der Waals surface area contributed by atoms with Gasteiger partial charge in [0.2, 0.25) is 8.32 Å². The topological polar surface area (TPSA) is 71.1 Å². The Morgan fingerprint density at radius 1 is 0.857 bits per heavy atom. The Balaban J connectivity index is 2.02. The summed E-state index contributed by atoms with van der Waals surface area (Å²) in [6.45, 7) is 16.7. The Labute approximate surface area is 211 Å². The van der Waals surface area contributed by atoms with Crippen molar-refractivity contribution in [2.45, 2.75) is 84.4 Å². The molecule has 1 atom stereocenters. The first kappa shape index (κ1) is 28.6. The second-order valence-electron chi connectivity index (χ2n) is 11.2. The van der Waals surface area contributed by atoms with E-state index in [0.29, 0.717) is 12.0 Å². The predicted molar refractivity (Wildman–Crippen MR) is 140 cm³/mol. The van der Waals surface area contributed by atoms with E-state index >= 15 is 0 Å². The molecule has 0 aliphatic heterocycles. The van der Waals surface area contributed by atoms with Crippen LogP contribution in [0.15, 0.2) is 48.5 Å². The van der Waals surface area contributed by atoms with Crippen molar-refractivity contribution in [2.75, 3.05) is 7.11 Å². The zero-order valence-corrected chi connectivity index (χ0v) is 23.6. The fourth-order valence-corrected chi connectivity index (χ4v) is 4.00. The highest BCUT2D eigenvalue weighted by Crippen LogP contribution is 2.37. The molecule has 0 aliphatic rings. The van der Waals surface area contributed by atoms with Gasteiger partial charge < -0.3 is 18.6 Å². The van der Waals surface area contributed by atoms with Gasteiger partial charge in [-0.25, -0.2) is 9.59 Å². The number of carbonyl (C=O) groups excluding carboxylic acids is 2. The third kappa shape index (κ3) is 8.82. The second-order valence-corrected chi connectivity index (χ2v) is 16.0.